The number of Topliss-reactive ketones (excluding diaryl/α,β-unsaturated/α-hetero) is 1. The van der Waals surface area contributed by atoms with E-state index in [0.717, 1.165) is 129 Å². The number of unbranched alkanes of at least 4 members (excludes halogenated alkanes) is 21. The Labute approximate surface area is 401 Å². The van der Waals surface area contributed by atoms with Crippen LogP contribution in [0.4, 0.5) is 0 Å². The van der Waals surface area contributed by atoms with Crippen LogP contribution in [-0.2, 0) is 23.8 Å². The first-order chi connectivity index (χ1) is 31.7. The minimum absolute atomic E-state index is 0.0190. The van der Waals surface area contributed by atoms with E-state index < -0.39 is 0 Å². The molecule has 0 aromatic heterocycles. The van der Waals surface area contributed by atoms with Crippen LogP contribution in [0.25, 0.3) is 0 Å². The molecule has 3 fully saturated rings. The molecule has 0 saturated heterocycles. The van der Waals surface area contributed by atoms with Crippen LogP contribution in [-0.4, -0.2) is 73.6 Å². The summed E-state index contributed by atoms with van der Waals surface area (Å²) in [6.45, 7) is 15.9. The molecule has 7 heteroatoms. The van der Waals surface area contributed by atoms with E-state index in [1.807, 2.05) is 6.92 Å². The Hall–Kier alpha value is -1.28. The van der Waals surface area contributed by atoms with Gasteiger partial charge in [0.15, 0.2) is 6.29 Å². The molecule has 7 nitrogen and oxygen atoms in total. The molecule has 0 bridgehead atoms. The highest BCUT2D eigenvalue weighted by atomic mass is 16.7. The van der Waals surface area contributed by atoms with E-state index in [4.69, 9.17) is 14.2 Å². The fraction of sp³-hybridized carbons (Fsp3) is 0.931. The summed E-state index contributed by atoms with van der Waals surface area (Å²) in [7, 11) is 0. The third-order valence-corrected chi connectivity index (χ3v) is 17.4. The Balaban J connectivity index is 1.05. The summed E-state index contributed by atoms with van der Waals surface area (Å²) in [5.41, 5.74) is 1.96. The fourth-order valence-electron chi connectivity index (χ4n) is 13.4. The van der Waals surface area contributed by atoms with E-state index in [0.29, 0.717) is 30.0 Å². The average Bonchev–Trinajstić information content (AvgIpc) is 3.66. The number of carbonyl (C=O) groups is 2. The van der Waals surface area contributed by atoms with Gasteiger partial charge in [-0.3, -0.25) is 9.59 Å². The van der Waals surface area contributed by atoms with Gasteiger partial charge in [0.1, 0.15) is 11.9 Å². The van der Waals surface area contributed by atoms with Crippen molar-refractivity contribution in [1.29, 1.82) is 0 Å². The number of nitrogens with zero attached hydrogens (tertiary/aromatic N) is 1. The molecule has 7 atom stereocenters. The molecule has 378 valence electrons. The maximum Gasteiger partial charge on any atom is 0.306 e. The summed E-state index contributed by atoms with van der Waals surface area (Å²) < 4.78 is 18.8. The molecule has 4 rings (SSSR count). The van der Waals surface area contributed by atoms with Crippen LogP contribution in [0.15, 0.2) is 11.6 Å². The minimum Gasteiger partial charge on any atom is -0.462 e. The summed E-state index contributed by atoms with van der Waals surface area (Å²) >= 11 is 0. The van der Waals surface area contributed by atoms with Gasteiger partial charge in [0.2, 0.25) is 0 Å². The van der Waals surface area contributed by atoms with Crippen LogP contribution in [0.1, 0.15) is 259 Å². The molecular formula is C58H105NO6. The lowest BCUT2D eigenvalue weighted by molar-refractivity contribution is -0.152. The van der Waals surface area contributed by atoms with Gasteiger partial charge in [-0.1, -0.05) is 161 Å². The minimum atomic E-state index is -0.0747. The molecule has 4 aliphatic rings. The molecule has 3 saturated carbocycles. The van der Waals surface area contributed by atoms with Crippen molar-refractivity contribution in [2.75, 3.05) is 39.5 Å². The smallest absolute Gasteiger partial charge is 0.306 e. The van der Waals surface area contributed by atoms with E-state index in [-0.39, 0.29) is 41.7 Å². The van der Waals surface area contributed by atoms with Crippen LogP contribution >= 0.6 is 0 Å². The lowest BCUT2D eigenvalue weighted by Crippen LogP contribution is -2.51. The van der Waals surface area contributed by atoms with Crippen molar-refractivity contribution < 1.29 is 28.9 Å². The maximum atomic E-state index is 13.0. The number of aliphatic hydroxyl groups is 1. The number of allylic oxidation sites excluding steroid dienone is 1. The van der Waals surface area contributed by atoms with Crippen LogP contribution in [0.2, 0.25) is 0 Å². The van der Waals surface area contributed by atoms with Crippen molar-refractivity contribution in [1.82, 2.24) is 4.90 Å². The van der Waals surface area contributed by atoms with Gasteiger partial charge in [0.05, 0.1) is 6.61 Å². The van der Waals surface area contributed by atoms with E-state index in [2.05, 4.69) is 38.7 Å². The van der Waals surface area contributed by atoms with Crippen molar-refractivity contribution in [3.8, 4) is 0 Å². The zero-order valence-electron chi connectivity index (χ0n) is 43.5. The monoisotopic (exact) mass is 912 g/mol. The van der Waals surface area contributed by atoms with E-state index in [1.165, 1.54) is 122 Å². The van der Waals surface area contributed by atoms with Gasteiger partial charge >= 0.3 is 5.97 Å². The van der Waals surface area contributed by atoms with Crippen molar-refractivity contribution >= 4 is 11.8 Å². The van der Waals surface area contributed by atoms with Gasteiger partial charge in [-0.15, -0.1) is 0 Å². The number of ether oxygens (including phenoxy) is 3. The molecule has 0 aromatic carbocycles. The van der Waals surface area contributed by atoms with Gasteiger partial charge in [0, 0.05) is 38.5 Å². The van der Waals surface area contributed by atoms with Crippen LogP contribution in [0.5, 0.6) is 0 Å². The largest absolute Gasteiger partial charge is 0.462 e. The van der Waals surface area contributed by atoms with E-state index in [1.54, 1.807) is 5.57 Å². The van der Waals surface area contributed by atoms with Crippen LogP contribution in [0.3, 0.4) is 0 Å². The third-order valence-electron chi connectivity index (χ3n) is 17.4. The Kier molecular flexibility index (Phi) is 28.2. The predicted octanol–water partition coefficient (Wildman–Crippen LogP) is 15.3. The van der Waals surface area contributed by atoms with Crippen LogP contribution in [0, 0.1) is 34.5 Å². The number of ketones is 1. The van der Waals surface area contributed by atoms with Gasteiger partial charge in [-0.05, 0) is 138 Å². The average molecular weight is 912 g/mol. The van der Waals surface area contributed by atoms with Gasteiger partial charge in [-0.25, -0.2) is 0 Å². The second-order valence-corrected chi connectivity index (χ2v) is 22.3. The second-order valence-electron chi connectivity index (χ2n) is 22.3. The first kappa shape index (κ1) is 56.3. The molecule has 4 aliphatic carbocycles. The zero-order chi connectivity index (χ0) is 46.6. The number of esters is 1. The Morgan fingerprint density at radius 1 is 0.662 bits per heavy atom. The normalized spacial score (nSPS) is 26.3. The Morgan fingerprint density at radius 3 is 1.80 bits per heavy atom. The Morgan fingerprint density at radius 2 is 1.22 bits per heavy atom. The lowest BCUT2D eigenvalue weighted by Gasteiger charge is -2.58. The third kappa shape index (κ3) is 19.6. The maximum absolute atomic E-state index is 13.0. The molecule has 0 radical (unpaired) electrons. The number of fused-ring (bicyclic) bond motifs is 5. The predicted molar refractivity (Wildman–Crippen MR) is 271 cm³/mol. The quantitative estimate of drug-likeness (QED) is 0.0285. The second kappa shape index (κ2) is 32.5. The highest BCUT2D eigenvalue weighted by Crippen LogP contribution is 2.66. The number of aliphatic hydroxyl groups excluding tert-OH is 1. The summed E-state index contributed by atoms with van der Waals surface area (Å²) in [6, 6.07) is 0. The van der Waals surface area contributed by atoms with Gasteiger partial charge in [-0.2, -0.15) is 0 Å². The molecule has 0 spiro atoms. The van der Waals surface area contributed by atoms with Crippen LogP contribution < -0.4 is 0 Å². The van der Waals surface area contributed by atoms with E-state index >= 15 is 0 Å². The summed E-state index contributed by atoms with van der Waals surface area (Å²) in [5.74, 6) is 2.72. The highest BCUT2D eigenvalue weighted by molar-refractivity contribution is 5.79. The first-order valence-electron chi connectivity index (χ1n) is 28.6. The molecule has 7 unspecified atom stereocenters. The standard InChI is InChI=1S/C58H105NO6/c1-6-8-10-12-14-16-18-22-29-45-63-56(64-46-30-23-19-17-15-13-11-9-7-2)32-26-24-28-42-59(43-44-60)41-27-21-20-25-31-55(62)65-50-37-39-57(4)49(47-50)33-34-51-53-36-35-52(48(3)61)58(53,5)40-38-54(51)57/h33,50-54,56,60H,6-32,34-47H2,1-5H3. The first-order valence-corrected chi connectivity index (χ1v) is 28.6. The van der Waals surface area contributed by atoms with Crippen molar-refractivity contribution in [3.63, 3.8) is 0 Å². The van der Waals surface area contributed by atoms with Gasteiger partial charge in [0.25, 0.3) is 0 Å². The highest BCUT2D eigenvalue weighted by Gasteiger charge is 2.59. The number of hydrogen-bond acceptors (Lipinski definition) is 7. The van der Waals surface area contributed by atoms with Crippen molar-refractivity contribution in [3.05, 3.63) is 11.6 Å². The van der Waals surface area contributed by atoms with Gasteiger partial charge < -0.3 is 24.2 Å². The number of rotatable bonds is 39. The molecule has 0 aromatic rings. The fourth-order valence-corrected chi connectivity index (χ4v) is 13.4. The Bertz CT molecular complexity index is 1280. The molecule has 65 heavy (non-hydrogen) atoms. The summed E-state index contributed by atoms with van der Waals surface area (Å²) in [5, 5.41) is 9.79. The lowest BCUT2D eigenvalue weighted by atomic mass is 9.47. The molecule has 0 amide bonds. The zero-order valence-corrected chi connectivity index (χ0v) is 43.5. The molecular weight excluding hydrogens is 807 g/mol. The number of carbonyl (C=O) groups excluding carboxylic acids is 2. The molecule has 0 heterocycles. The SMILES string of the molecule is CCCCCCCCCCCOC(CCCCCN(CCO)CCCCCCC(=O)OC1CCC2(C)C(=CCC3C2CCC2(C)C(C(C)=O)CCC32)C1)OCCCCCCCCCCC. The molecule has 1 N–H and O–H groups in total. The topological polar surface area (TPSA) is 85.3 Å². The van der Waals surface area contributed by atoms with Crippen molar-refractivity contribution in [2.24, 2.45) is 34.5 Å². The van der Waals surface area contributed by atoms with E-state index in [9.17, 15) is 14.7 Å². The molecule has 0 aliphatic heterocycles. The number of hydrogen-bond donors (Lipinski definition) is 1. The summed E-state index contributed by atoms with van der Waals surface area (Å²) in [6.07, 6.45) is 44.3. The van der Waals surface area contributed by atoms with Crippen molar-refractivity contribution in [2.45, 2.75) is 272 Å². The summed E-state index contributed by atoms with van der Waals surface area (Å²) in [4.78, 5) is 28.0.